The van der Waals surface area contributed by atoms with E-state index in [4.69, 9.17) is 4.74 Å². The first kappa shape index (κ1) is 19.5. The second-order valence-electron chi connectivity index (χ2n) is 10.3. The van der Waals surface area contributed by atoms with Crippen LogP contribution in [0.4, 0.5) is 10.1 Å². The fraction of sp³-hybridized carbons (Fsp3) is 0.625. The molecule has 0 saturated heterocycles. The lowest BCUT2D eigenvalue weighted by Crippen LogP contribution is -2.71. The Morgan fingerprint density at radius 3 is 2.27 bits per heavy atom. The number of amides is 1. The van der Waals surface area contributed by atoms with E-state index in [9.17, 15) is 19.2 Å². The maximum Gasteiger partial charge on any atom is 0.311 e. The van der Waals surface area contributed by atoms with Crippen LogP contribution in [0, 0.1) is 27.6 Å². The predicted molar refractivity (Wildman–Crippen MR) is 108 cm³/mol. The first-order valence-electron chi connectivity index (χ1n) is 10.9. The van der Waals surface area contributed by atoms with E-state index >= 15 is 0 Å². The highest BCUT2D eigenvalue weighted by Crippen LogP contribution is 2.70. The van der Waals surface area contributed by atoms with Crippen molar-refractivity contribution >= 4 is 17.6 Å². The standard InChI is InChI=1S/C24H27FN2O3/c1-30-20(29)22-8-5-21(6-9-22,7-10-22)16-27(18-4-2-3-17(11-18)12-26)19(28)23-13-24(25,14-23)15-23/h2-4,11H,5-10,13-16H2,1H3. The Morgan fingerprint density at radius 2 is 1.73 bits per heavy atom. The molecule has 0 radical (unpaired) electrons. The van der Waals surface area contributed by atoms with E-state index in [1.54, 1.807) is 18.2 Å². The summed E-state index contributed by atoms with van der Waals surface area (Å²) in [6, 6.07) is 9.31. The van der Waals surface area contributed by atoms with Crippen molar-refractivity contribution in [2.24, 2.45) is 16.2 Å². The lowest BCUT2D eigenvalue weighted by molar-refractivity contribution is -0.211. The van der Waals surface area contributed by atoms with Crippen LogP contribution >= 0.6 is 0 Å². The molecular weight excluding hydrogens is 383 g/mol. The summed E-state index contributed by atoms with van der Waals surface area (Å²) in [6.45, 7) is 0.568. The van der Waals surface area contributed by atoms with Crippen molar-refractivity contribution in [1.82, 2.24) is 0 Å². The number of benzene rings is 1. The van der Waals surface area contributed by atoms with Crippen LogP contribution in [0.15, 0.2) is 24.3 Å². The maximum absolute atomic E-state index is 14.2. The second kappa shape index (κ2) is 6.29. The molecule has 0 heterocycles. The number of esters is 1. The molecule has 30 heavy (non-hydrogen) atoms. The first-order valence-corrected chi connectivity index (χ1v) is 10.9. The van der Waals surface area contributed by atoms with E-state index in [1.807, 2.05) is 11.0 Å². The predicted octanol–water partition coefficient (Wildman–Crippen LogP) is 4.30. The summed E-state index contributed by atoms with van der Waals surface area (Å²) in [5.74, 6) is -0.102. The van der Waals surface area contributed by atoms with Gasteiger partial charge in [0.2, 0.25) is 5.91 Å². The minimum absolute atomic E-state index is 0.00173. The number of nitrogens with zero attached hydrogens (tertiary/aromatic N) is 2. The monoisotopic (exact) mass is 410 g/mol. The third kappa shape index (κ3) is 2.71. The number of fused-ring (bicyclic) bond motifs is 3. The smallest absolute Gasteiger partial charge is 0.311 e. The van der Waals surface area contributed by atoms with Crippen molar-refractivity contribution in [3.63, 3.8) is 0 Å². The Morgan fingerprint density at radius 1 is 1.10 bits per heavy atom. The van der Waals surface area contributed by atoms with Crippen molar-refractivity contribution in [2.45, 2.75) is 63.5 Å². The number of nitriles is 1. The normalized spacial score (nSPS) is 38.0. The number of alkyl halides is 1. The van der Waals surface area contributed by atoms with Gasteiger partial charge in [0.1, 0.15) is 5.67 Å². The Balaban J connectivity index is 1.41. The number of hydrogen-bond acceptors (Lipinski definition) is 4. The van der Waals surface area contributed by atoms with Crippen LogP contribution in [-0.4, -0.2) is 31.2 Å². The number of carbonyl (C=O) groups excluding carboxylic acids is 2. The van der Waals surface area contributed by atoms with E-state index < -0.39 is 11.1 Å². The number of ether oxygens (including phenoxy) is 1. The van der Waals surface area contributed by atoms with Crippen molar-refractivity contribution < 1.29 is 18.7 Å². The van der Waals surface area contributed by atoms with Gasteiger partial charge in [0, 0.05) is 12.2 Å². The molecular formula is C24H27FN2O3. The third-order valence-corrected chi connectivity index (χ3v) is 8.46. The summed E-state index contributed by atoms with van der Waals surface area (Å²) in [7, 11) is 1.46. The highest BCUT2D eigenvalue weighted by Gasteiger charge is 2.73. The fourth-order valence-corrected chi connectivity index (χ4v) is 6.56. The number of hydrogen-bond donors (Lipinski definition) is 0. The van der Waals surface area contributed by atoms with Crippen LogP contribution in [-0.2, 0) is 14.3 Å². The second-order valence-corrected chi connectivity index (χ2v) is 10.3. The Bertz CT molecular complexity index is 921. The van der Waals surface area contributed by atoms with E-state index in [0.29, 0.717) is 31.4 Å². The van der Waals surface area contributed by atoms with E-state index in [1.165, 1.54) is 7.11 Å². The minimum atomic E-state index is -1.14. The number of carbonyl (C=O) groups is 2. The number of rotatable bonds is 5. The van der Waals surface area contributed by atoms with E-state index in [2.05, 4.69) is 6.07 Å². The summed E-state index contributed by atoms with van der Waals surface area (Å²) in [6.07, 6.45) is 5.98. The van der Waals surface area contributed by atoms with Crippen molar-refractivity contribution in [3.8, 4) is 6.07 Å². The Kier molecular flexibility index (Phi) is 4.10. The average molecular weight is 410 g/mol. The van der Waals surface area contributed by atoms with E-state index in [-0.39, 0.29) is 22.7 Å². The van der Waals surface area contributed by atoms with Gasteiger partial charge in [-0.25, -0.2) is 4.39 Å². The van der Waals surface area contributed by atoms with Gasteiger partial charge in [0.15, 0.2) is 0 Å². The van der Waals surface area contributed by atoms with E-state index in [0.717, 1.165) is 44.2 Å². The molecule has 0 atom stereocenters. The van der Waals surface area contributed by atoms with Gasteiger partial charge in [0.05, 0.1) is 29.6 Å². The SMILES string of the molecule is COC(=O)C12CCC(CN(C(=O)C34CC(F)(C3)C4)c3cccc(C#N)c3)(CC1)CC2. The molecule has 6 aliphatic carbocycles. The average Bonchev–Trinajstić information content (AvgIpc) is 2.75. The molecule has 1 amide bonds. The minimum Gasteiger partial charge on any atom is -0.469 e. The zero-order valence-electron chi connectivity index (χ0n) is 17.4. The largest absolute Gasteiger partial charge is 0.469 e. The maximum atomic E-state index is 14.2. The summed E-state index contributed by atoms with van der Waals surface area (Å²) in [4.78, 5) is 27.8. The molecule has 6 aliphatic rings. The zero-order valence-corrected chi connectivity index (χ0v) is 17.4. The lowest BCUT2D eigenvalue weighted by Gasteiger charge is -2.65. The molecule has 158 valence electrons. The Labute approximate surface area is 176 Å². The molecule has 0 unspecified atom stereocenters. The molecule has 5 nitrogen and oxygen atoms in total. The van der Waals surface area contributed by atoms with Crippen LogP contribution < -0.4 is 4.90 Å². The molecule has 6 fully saturated rings. The molecule has 0 spiro atoms. The molecule has 6 heteroatoms. The van der Waals surface area contributed by atoms with Gasteiger partial charge in [-0.05, 0) is 81.4 Å². The molecule has 0 aliphatic heterocycles. The lowest BCUT2D eigenvalue weighted by atomic mass is 9.41. The molecule has 6 saturated carbocycles. The van der Waals surface area contributed by atoms with Gasteiger partial charge in [-0.1, -0.05) is 6.07 Å². The van der Waals surface area contributed by atoms with Gasteiger partial charge in [0.25, 0.3) is 0 Å². The molecule has 1 aromatic carbocycles. The zero-order chi connectivity index (χ0) is 21.2. The van der Waals surface area contributed by atoms with Gasteiger partial charge < -0.3 is 9.64 Å². The molecule has 0 N–H and O–H groups in total. The van der Waals surface area contributed by atoms with Gasteiger partial charge in [-0.2, -0.15) is 5.26 Å². The van der Waals surface area contributed by atoms with Crippen molar-refractivity contribution in [1.29, 1.82) is 5.26 Å². The molecule has 1 aromatic rings. The summed E-state index contributed by atoms with van der Waals surface area (Å²) in [5.41, 5.74) is -0.858. The van der Waals surface area contributed by atoms with Gasteiger partial charge in [-0.3, -0.25) is 9.59 Å². The number of halogens is 1. The van der Waals surface area contributed by atoms with Crippen LogP contribution in [0.1, 0.15) is 63.4 Å². The van der Waals surface area contributed by atoms with Crippen LogP contribution in [0.25, 0.3) is 0 Å². The molecule has 7 rings (SSSR count). The van der Waals surface area contributed by atoms with Gasteiger partial charge in [-0.15, -0.1) is 0 Å². The fourth-order valence-electron chi connectivity index (χ4n) is 6.56. The van der Waals surface area contributed by atoms with Gasteiger partial charge >= 0.3 is 5.97 Å². The highest BCUT2D eigenvalue weighted by molar-refractivity contribution is 6.00. The van der Waals surface area contributed by atoms with Crippen LogP contribution in [0.5, 0.6) is 0 Å². The number of methoxy groups -OCH3 is 1. The quantitative estimate of drug-likeness (QED) is 0.679. The van der Waals surface area contributed by atoms with Crippen LogP contribution in [0.2, 0.25) is 0 Å². The Hall–Kier alpha value is -2.42. The van der Waals surface area contributed by atoms with Crippen LogP contribution in [0.3, 0.4) is 0 Å². The number of anilines is 1. The van der Waals surface area contributed by atoms with Crippen molar-refractivity contribution in [2.75, 3.05) is 18.6 Å². The van der Waals surface area contributed by atoms with Crippen molar-refractivity contribution in [3.05, 3.63) is 29.8 Å². The first-order chi connectivity index (χ1) is 14.3. The summed E-state index contributed by atoms with van der Waals surface area (Å²) >= 11 is 0. The topological polar surface area (TPSA) is 70.4 Å². The molecule has 0 aromatic heterocycles. The molecule has 4 bridgehead atoms. The summed E-state index contributed by atoms with van der Waals surface area (Å²) in [5, 5.41) is 9.32. The summed E-state index contributed by atoms with van der Waals surface area (Å²) < 4.78 is 19.2. The highest BCUT2D eigenvalue weighted by atomic mass is 19.1. The third-order valence-electron chi connectivity index (χ3n) is 8.46.